The molecular weight excluding hydrogens is 205 g/mol. The molecule has 15 heavy (non-hydrogen) atoms. The lowest BCUT2D eigenvalue weighted by atomic mass is 10.0. The Bertz CT molecular complexity index is 329. The van der Waals surface area contributed by atoms with Crippen molar-refractivity contribution in [1.82, 2.24) is 10.4 Å². The van der Waals surface area contributed by atoms with E-state index in [1.165, 1.54) is 0 Å². The summed E-state index contributed by atoms with van der Waals surface area (Å²) in [5.74, 6) is 0. The first-order valence-corrected chi connectivity index (χ1v) is 4.72. The van der Waals surface area contributed by atoms with E-state index in [-0.39, 0.29) is 13.1 Å². The summed E-state index contributed by atoms with van der Waals surface area (Å²) < 4.78 is 39.8. The lowest BCUT2D eigenvalue weighted by Gasteiger charge is -2.36. The minimum absolute atomic E-state index is 0.214. The molecule has 0 aromatic heterocycles. The number of nitrogens with one attached hydrogen (secondary N) is 1. The fourth-order valence-electron chi connectivity index (χ4n) is 1.68. The van der Waals surface area contributed by atoms with Gasteiger partial charge in [0.15, 0.2) is 0 Å². The topological polar surface area (TPSA) is 15.3 Å². The van der Waals surface area contributed by atoms with E-state index in [1.807, 2.05) is 0 Å². The Morgan fingerprint density at radius 2 is 1.93 bits per heavy atom. The first kappa shape index (κ1) is 10.4. The first-order chi connectivity index (χ1) is 7.12. The van der Waals surface area contributed by atoms with Crippen molar-refractivity contribution in [3.8, 4) is 0 Å². The Balaban J connectivity index is 2.28. The molecule has 2 nitrogen and oxygen atoms in total. The van der Waals surface area contributed by atoms with Gasteiger partial charge in [0, 0.05) is 13.1 Å². The van der Waals surface area contributed by atoms with Crippen LogP contribution in [0.25, 0.3) is 0 Å². The van der Waals surface area contributed by atoms with Crippen LogP contribution < -0.4 is 5.32 Å². The fourth-order valence-corrected chi connectivity index (χ4v) is 1.68. The van der Waals surface area contributed by atoms with Gasteiger partial charge in [-0.1, -0.05) is 35.5 Å². The average Bonchev–Trinajstić information content (AvgIpc) is 2.23. The highest BCUT2D eigenvalue weighted by Gasteiger charge is 2.49. The maximum atomic E-state index is 13.4. The highest BCUT2D eigenvalue weighted by Crippen LogP contribution is 2.36. The van der Waals surface area contributed by atoms with Gasteiger partial charge in [0.1, 0.15) is 6.04 Å². The maximum absolute atomic E-state index is 13.4. The summed E-state index contributed by atoms with van der Waals surface area (Å²) in [7, 11) is 0. The molecule has 0 bridgehead atoms. The fraction of sp³-hybridized carbons (Fsp3) is 0.400. The van der Waals surface area contributed by atoms with E-state index < -0.39 is 17.2 Å². The number of piperazine rings is 1. The van der Waals surface area contributed by atoms with Crippen molar-refractivity contribution in [3.63, 3.8) is 0 Å². The van der Waals surface area contributed by atoms with E-state index in [9.17, 15) is 13.3 Å². The van der Waals surface area contributed by atoms with Gasteiger partial charge < -0.3 is 5.32 Å². The van der Waals surface area contributed by atoms with Gasteiger partial charge in [-0.2, -0.15) is 8.78 Å². The Morgan fingerprint density at radius 1 is 1.27 bits per heavy atom. The zero-order valence-corrected chi connectivity index (χ0v) is 7.96. The summed E-state index contributed by atoms with van der Waals surface area (Å²) in [5.41, 5.74) is 0.393. The van der Waals surface area contributed by atoms with E-state index in [1.54, 1.807) is 30.3 Å². The predicted octanol–water partition coefficient (Wildman–Crippen LogP) is 2.11. The van der Waals surface area contributed by atoms with E-state index >= 15 is 0 Å². The largest absolute Gasteiger partial charge is 0.348 e. The number of alkyl halides is 2. The van der Waals surface area contributed by atoms with Gasteiger partial charge in [0.25, 0.3) is 0 Å². The van der Waals surface area contributed by atoms with Crippen LogP contribution in [0.3, 0.4) is 0 Å². The SMILES string of the molecule is FN1CCNC(c2ccccc2)C1(F)F. The number of benzene rings is 1. The molecule has 82 valence electrons. The number of halogens is 3. The number of hydrogen-bond acceptors (Lipinski definition) is 2. The third kappa shape index (κ3) is 1.85. The lowest BCUT2D eigenvalue weighted by Crippen LogP contribution is -2.54. The Morgan fingerprint density at radius 3 is 2.60 bits per heavy atom. The van der Waals surface area contributed by atoms with Gasteiger partial charge in [-0.05, 0) is 5.56 Å². The second-order valence-electron chi connectivity index (χ2n) is 3.47. The third-order valence-electron chi connectivity index (χ3n) is 2.46. The van der Waals surface area contributed by atoms with Crippen molar-refractivity contribution in [2.24, 2.45) is 0 Å². The van der Waals surface area contributed by atoms with Gasteiger partial charge in [0.05, 0.1) is 0 Å². The normalized spacial score (nSPS) is 26.5. The smallest absolute Gasteiger partial charge is 0.302 e. The highest BCUT2D eigenvalue weighted by atomic mass is 19.3. The zero-order chi connectivity index (χ0) is 10.9. The zero-order valence-electron chi connectivity index (χ0n) is 7.96. The van der Waals surface area contributed by atoms with Gasteiger partial charge in [-0.3, -0.25) is 0 Å². The van der Waals surface area contributed by atoms with E-state index in [0.29, 0.717) is 5.56 Å². The van der Waals surface area contributed by atoms with Crippen molar-refractivity contribution < 1.29 is 13.3 Å². The Kier molecular flexibility index (Phi) is 2.67. The van der Waals surface area contributed by atoms with Crippen LogP contribution >= 0.6 is 0 Å². The first-order valence-electron chi connectivity index (χ1n) is 4.72. The number of nitrogens with zero attached hydrogens (tertiary/aromatic N) is 1. The molecule has 5 heteroatoms. The van der Waals surface area contributed by atoms with Crippen molar-refractivity contribution in [3.05, 3.63) is 35.9 Å². The molecule has 0 radical (unpaired) electrons. The molecule has 1 fully saturated rings. The molecule has 1 heterocycles. The molecule has 1 N–H and O–H groups in total. The van der Waals surface area contributed by atoms with Crippen molar-refractivity contribution >= 4 is 0 Å². The Hall–Kier alpha value is -1.07. The summed E-state index contributed by atoms with van der Waals surface area (Å²) in [6.45, 7) is -0.0814. The highest BCUT2D eigenvalue weighted by molar-refractivity contribution is 5.21. The van der Waals surface area contributed by atoms with Gasteiger partial charge in [-0.25, -0.2) is 0 Å². The lowest BCUT2D eigenvalue weighted by molar-refractivity contribution is -0.266. The standard InChI is InChI=1S/C10H11F3N2/c11-10(12)9(14-6-7-15(10)13)8-4-2-1-3-5-8/h1-5,9,14H,6-7H2. The minimum Gasteiger partial charge on any atom is -0.302 e. The van der Waals surface area contributed by atoms with Crippen LogP contribution in [0.5, 0.6) is 0 Å². The molecule has 0 spiro atoms. The van der Waals surface area contributed by atoms with Crippen LogP contribution in [0.15, 0.2) is 30.3 Å². The van der Waals surface area contributed by atoms with Crippen molar-refractivity contribution in [2.75, 3.05) is 13.1 Å². The van der Waals surface area contributed by atoms with Crippen LogP contribution in [-0.4, -0.2) is 24.3 Å². The molecular formula is C10H11F3N2. The molecule has 1 aliphatic heterocycles. The maximum Gasteiger partial charge on any atom is 0.348 e. The van der Waals surface area contributed by atoms with Crippen LogP contribution in [0.2, 0.25) is 0 Å². The van der Waals surface area contributed by atoms with Gasteiger partial charge in [-0.15, -0.1) is 4.48 Å². The van der Waals surface area contributed by atoms with Crippen LogP contribution in [0, 0.1) is 0 Å². The summed E-state index contributed by atoms with van der Waals surface area (Å²) >= 11 is 0. The molecule has 1 aliphatic rings. The average molecular weight is 216 g/mol. The monoisotopic (exact) mass is 216 g/mol. The molecule has 1 aromatic carbocycles. The predicted molar refractivity (Wildman–Crippen MR) is 49.9 cm³/mol. The second-order valence-corrected chi connectivity index (χ2v) is 3.47. The summed E-state index contributed by atoms with van der Waals surface area (Å²) in [4.78, 5) is 0. The molecule has 1 aromatic rings. The van der Waals surface area contributed by atoms with Crippen LogP contribution in [0.1, 0.15) is 11.6 Å². The number of rotatable bonds is 1. The van der Waals surface area contributed by atoms with E-state index in [4.69, 9.17) is 0 Å². The molecule has 0 amide bonds. The van der Waals surface area contributed by atoms with Crippen molar-refractivity contribution in [2.45, 2.75) is 12.1 Å². The van der Waals surface area contributed by atoms with Gasteiger partial charge >= 0.3 is 6.05 Å². The third-order valence-corrected chi connectivity index (χ3v) is 2.46. The Labute approximate surface area is 85.6 Å². The molecule has 1 atom stereocenters. The molecule has 0 aliphatic carbocycles. The van der Waals surface area contributed by atoms with E-state index in [2.05, 4.69) is 5.32 Å². The molecule has 1 unspecified atom stereocenters. The molecule has 1 saturated heterocycles. The van der Waals surface area contributed by atoms with Crippen LogP contribution in [0.4, 0.5) is 13.3 Å². The second kappa shape index (κ2) is 3.83. The molecule has 2 rings (SSSR count). The summed E-state index contributed by atoms with van der Waals surface area (Å²) in [6, 6.07) is 3.40. The molecule has 0 saturated carbocycles. The van der Waals surface area contributed by atoms with E-state index in [0.717, 1.165) is 0 Å². The number of hydrogen-bond donors (Lipinski definition) is 1. The van der Waals surface area contributed by atoms with Gasteiger partial charge in [0.2, 0.25) is 0 Å². The summed E-state index contributed by atoms with van der Waals surface area (Å²) in [5, 5.41) is 2.22. The van der Waals surface area contributed by atoms with Crippen LogP contribution in [-0.2, 0) is 0 Å². The summed E-state index contributed by atoms with van der Waals surface area (Å²) in [6.07, 6.45) is 0. The minimum atomic E-state index is -3.49. The quantitative estimate of drug-likeness (QED) is 0.571. The van der Waals surface area contributed by atoms with Crippen molar-refractivity contribution in [1.29, 1.82) is 0 Å².